The van der Waals surface area contributed by atoms with E-state index in [1.165, 1.54) is 12.1 Å². The van der Waals surface area contributed by atoms with Gasteiger partial charge in [-0.15, -0.1) is 0 Å². The maximum absolute atomic E-state index is 13.4. The summed E-state index contributed by atoms with van der Waals surface area (Å²) in [5.74, 6) is -0.813. The molecule has 1 aromatic carbocycles. The van der Waals surface area contributed by atoms with Gasteiger partial charge < -0.3 is 14.5 Å². The smallest absolute Gasteiger partial charge is 0.410 e. The van der Waals surface area contributed by atoms with E-state index in [2.05, 4.69) is 0 Å². The van der Waals surface area contributed by atoms with Gasteiger partial charge >= 0.3 is 6.09 Å². The number of benzene rings is 1. The Bertz CT molecular complexity index is 881. The summed E-state index contributed by atoms with van der Waals surface area (Å²) in [6.45, 7) is 6.24. The summed E-state index contributed by atoms with van der Waals surface area (Å²) in [6, 6.07) is 5.45. The molecule has 1 atom stereocenters. The van der Waals surface area contributed by atoms with Crippen molar-refractivity contribution < 1.29 is 27.1 Å². The van der Waals surface area contributed by atoms with Gasteiger partial charge in [-0.05, 0) is 51.3 Å². The highest BCUT2D eigenvalue weighted by molar-refractivity contribution is 7.91. The molecule has 1 aromatic rings. The third-order valence-corrected chi connectivity index (χ3v) is 7.19. The highest BCUT2D eigenvalue weighted by Gasteiger charge is 2.39. The van der Waals surface area contributed by atoms with Crippen LogP contribution in [0.5, 0.6) is 0 Å². The summed E-state index contributed by atoms with van der Waals surface area (Å²) in [6.07, 6.45) is 0.165. The molecule has 3 rings (SSSR count). The number of carbonyl (C=O) groups excluding carboxylic acids is 2. The van der Waals surface area contributed by atoms with E-state index in [0.717, 1.165) is 5.56 Å². The standard InChI is InChI=1S/C21H29FN2O5S/c1-21(2,3)29-20(26)23-10-11-24(18(14-23)15-4-6-17(22)7-5-15)19(25)16-8-12-30(27,28)13-9-16/h4-7,16,18H,8-14H2,1-3H3. The van der Waals surface area contributed by atoms with Crippen LogP contribution in [-0.2, 0) is 19.4 Å². The van der Waals surface area contributed by atoms with Crippen molar-refractivity contribution >= 4 is 21.8 Å². The third kappa shape index (κ3) is 5.50. The zero-order chi connectivity index (χ0) is 22.1. The number of nitrogens with zero attached hydrogens (tertiary/aromatic N) is 2. The van der Waals surface area contributed by atoms with E-state index >= 15 is 0 Å². The summed E-state index contributed by atoms with van der Waals surface area (Å²) in [7, 11) is -3.07. The fourth-order valence-corrected chi connectivity index (χ4v) is 5.37. The zero-order valence-electron chi connectivity index (χ0n) is 17.6. The van der Waals surface area contributed by atoms with E-state index < -0.39 is 27.6 Å². The fraction of sp³-hybridized carbons (Fsp3) is 0.619. The number of halogens is 1. The van der Waals surface area contributed by atoms with E-state index in [1.54, 1.807) is 42.7 Å². The second-order valence-electron chi connectivity index (χ2n) is 8.95. The molecule has 2 aliphatic heterocycles. The van der Waals surface area contributed by atoms with Crippen LogP contribution < -0.4 is 0 Å². The number of carbonyl (C=O) groups is 2. The van der Waals surface area contributed by atoms with Crippen LogP contribution in [0.2, 0.25) is 0 Å². The molecule has 0 spiro atoms. The Balaban J connectivity index is 1.80. The summed E-state index contributed by atoms with van der Waals surface area (Å²) in [4.78, 5) is 29.1. The first-order chi connectivity index (χ1) is 14.0. The first-order valence-electron chi connectivity index (χ1n) is 10.2. The van der Waals surface area contributed by atoms with Gasteiger partial charge in [0.05, 0.1) is 17.5 Å². The number of hydrogen-bond donors (Lipinski definition) is 0. The molecule has 30 heavy (non-hydrogen) atoms. The topological polar surface area (TPSA) is 84.0 Å². The largest absolute Gasteiger partial charge is 0.444 e. The Morgan fingerprint density at radius 2 is 1.67 bits per heavy atom. The first kappa shape index (κ1) is 22.5. The lowest BCUT2D eigenvalue weighted by molar-refractivity contribution is -0.141. The van der Waals surface area contributed by atoms with Gasteiger partial charge in [0, 0.05) is 25.6 Å². The minimum Gasteiger partial charge on any atom is -0.444 e. The number of sulfone groups is 1. The van der Waals surface area contributed by atoms with Crippen molar-refractivity contribution in [1.29, 1.82) is 0 Å². The van der Waals surface area contributed by atoms with Crippen molar-refractivity contribution in [3.8, 4) is 0 Å². The van der Waals surface area contributed by atoms with Gasteiger partial charge in [0.2, 0.25) is 5.91 Å². The number of piperazine rings is 1. The number of hydrogen-bond acceptors (Lipinski definition) is 5. The Kier molecular flexibility index (Phi) is 6.40. The lowest BCUT2D eigenvalue weighted by Crippen LogP contribution is -2.54. The molecule has 0 aliphatic carbocycles. The Hall–Kier alpha value is -2.16. The molecule has 2 fully saturated rings. The molecule has 0 aromatic heterocycles. The van der Waals surface area contributed by atoms with Gasteiger partial charge in [-0.25, -0.2) is 17.6 Å². The number of ether oxygens (including phenoxy) is 1. The summed E-state index contributed by atoms with van der Waals surface area (Å²) in [5, 5.41) is 0. The van der Waals surface area contributed by atoms with Crippen LogP contribution in [-0.4, -0.2) is 67.0 Å². The first-order valence-corrected chi connectivity index (χ1v) is 12.0. The fourth-order valence-electron chi connectivity index (χ4n) is 3.88. The van der Waals surface area contributed by atoms with Crippen molar-refractivity contribution in [2.75, 3.05) is 31.1 Å². The van der Waals surface area contributed by atoms with E-state index in [9.17, 15) is 22.4 Å². The lowest BCUT2D eigenvalue weighted by Gasteiger charge is -2.43. The molecule has 2 saturated heterocycles. The van der Waals surface area contributed by atoms with Crippen LogP contribution in [0.4, 0.5) is 9.18 Å². The highest BCUT2D eigenvalue weighted by atomic mass is 32.2. The van der Waals surface area contributed by atoms with Gasteiger partial charge in [-0.3, -0.25) is 4.79 Å². The van der Waals surface area contributed by atoms with Gasteiger partial charge in [-0.1, -0.05) is 12.1 Å². The Morgan fingerprint density at radius 3 is 2.23 bits per heavy atom. The molecule has 166 valence electrons. The molecule has 0 N–H and O–H groups in total. The van der Waals surface area contributed by atoms with E-state index in [1.807, 2.05) is 0 Å². The Labute approximate surface area is 177 Å². The van der Waals surface area contributed by atoms with Crippen molar-refractivity contribution in [1.82, 2.24) is 9.80 Å². The second-order valence-corrected chi connectivity index (χ2v) is 11.3. The van der Waals surface area contributed by atoms with Gasteiger partial charge in [0.15, 0.2) is 0 Å². The van der Waals surface area contributed by atoms with Crippen molar-refractivity contribution in [2.45, 2.75) is 45.3 Å². The quantitative estimate of drug-likeness (QED) is 0.706. The maximum atomic E-state index is 13.4. The predicted molar refractivity (Wildman–Crippen MR) is 110 cm³/mol. The molecule has 0 radical (unpaired) electrons. The summed E-state index contributed by atoms with van der Waals surface area (Å²) in [5.41, 5.74) is 0.0876. The minimum atomic E-state index is -3.07. The maximum Gasteiger partial charge on any atom is 0.410 e. The van der Waals surface area contributed by atoms with Crippen LogP contribution in [0.25, 0.3) is 0 Å². The molecule has 9 heteroatoms. The molecule has 0 saturated carbocycles. The molecule has 1 unspecified atom stereocenters. The lowest BCUT2D eigenvalue weighted by atomic mass is 9.96. The average Bonchev–Trinajstić information content (AvgIpc) is 2.66. The van der Waals surface area contributed by atoms with Gasteiger partial charge in [0.25, 0.3) is 0 Å². The van der Waals surface area contributed by atoms with Crippen LogP contribution in [0.1, 0.15) is 45.2 Å². The van der Waals surface area contributed by atoms with Crippen LogP contribution in [0.3, 0.4) is 0 Å². The van der Waals surface area contributed by atoms with Crippen molar-refractivity contribution in [2.24, 2.45) is 5.92 Å². The normalized spacial score (nSPS) is 22.6. The monoisotopic (exact) mass is 440 g/mol. The SMILES string of the molecule is CC(C)(C)OC(=O)N1CCN(C(=O)C2CCS(=O)(=O)CC2)C(c2ccc(F)cc2)C1. The highest BCUT2D eigenvalue weighted by Crippen LogP contribution is 2.31. The zero-order valence-corrected chi connectivity index (χ0v) is 18.5. The molecule has 0 bridgehead atoms. The van der Waals surface area contributed by atoms with Crippen molar-refractivity contribution in [3.63, 3.8) is 0 Å². The minimum absolute atomic E-state index is 0.0164. The summed E-state index contributed by atoms with van der Waals surface area (Å²) >= 11 is 0. The third-order valence-electron chi connectivity index (χ3n) is 5.47. The molecular weight excluding hydrogens is 411 g/mol. The predicted octanol–water partition coefficient (Wildman–Crippen LogP) is 2.77. The van der Waals surface area contributed by atoms with Crippen molar-refractivity contribution in [3.05, 3.63) is 35.6 Å². The average molecular weight is 441 g/mol. The molecule has 2 amide bonds. The van der Waals surface area contributed by atoms with Gasteiger partial charge in [0.1, 0.15) is 21.3 Å². The molecular formula is C21H29FN2O5S. The molecule has 2 heterocycles. The van der Waals surface area contributed by atoms with Crippen LogP contribution >= 0.6 is 0 Å². The summed E-state index contributed by atoms with van der Waals surface area (Å²) < 4.78 is 42.4. The molecule has 7 nitrogen and oxygen atoms in total. The second kappa shape index (κ2) is 8.53. The van der Waals surface area contributed by atoms with E-state index in [0.29, 0.717) is 25.9 Å². The number of amides is 2. The Morgan fingerprint density at radius 1 is 1.07 bits per heavy atom. The van der Waals surface area contributed by atoms with Crippen LogP contribution in [0.15, 0.2) is 24.3 Å². The van der Waals surface area contributed by atoms with Crippen LogP contribution in [0, 0.1) is 11.7 Å². The number of rotatable bonds is 2. The molecule has 2 aliphatic rings. The van der Waals surface area contributed by atoms with E-state index in [-0.39, 0.29) is 35.7 Å². The van der Waals surface area contributed by atoms with E-state index in [4.69, 9.17) is 4.74 Å². The van der Waals surface area contributed by atoms with Gasteiger partial charge in [-0.2, -0.15) is 0 Å².